The maximum absolute atomic E-state index is 14.3. The fourth-order valence-corrected chi connectivity index (χ4v) is 6.41. The number of ether oxygens (including phenoxy) is 2. The van der Waals surface area contributed by atoms with Gasteiger partial charge in [0, 0.05) is 31.6 Å². The minimum atomic E-state index is -5.02. The van der Waals surface area contributed by atoms with Crippen molar-refractivity contribution < 1.29 is 72.3 Å². The van der Waals surface area contributed by atoms with Crippen molar-refractivity contribution in [1.82, 2.24) is 25.1 Å². The van der Waals surface area contributed by atoms with Gasteiger partial charge in [-0.2, -0.15) is 0 Å². The topological polar surface area (TPSA) is 164 Å². The molecule has 2 aliphatic heterocycles. The summed E-state index contributed by atoms with van der Waals surface area (Å²) < 4.78 is 26.8. The van der Waals surface area contributed by atoms with E-state index in [1.165, 1.54) is 36.3 Å². The molecule has 1 unspecified atom stereocenters. The quantitative estimate of drug-likeness (QED) is 0.140. The van der Waals surface area contributed by atoms with Gasteiger partial charge in [-0.05, 0) is 29.3 Å². The molecule has 3 aromatic rings. The number of hydrogen-bond donors (Lipinski definition) is 2. The first-order valence-corrected chi connectivity index (χ1v) is 16.6. The largest absolute Gasteiger partial charge is 1.00 e. The number of hydrazine groups is 1. The van der Waals surface area contributed by atoms with Crippen LogP contribution in [0.3, 0.4) is 0 Å². The Kier molecular flexibility index (Phi) is 12.9. The van der Waals surface area contributed by atoms with Crippen LogP contribution in [0.5, 0.6) is 17.2 Å². The van der Waals surface area contributed by atoms with Gasteiger partial charge in [0.15, 0.2) is 11.5 Å². The van der Waals surface area contributed by atoms with E-state index < -0.39 is 26.1 Å². The summed E-state index contributed by atoms with van der Waals surface area (Å²) in [6, 6.07) is 19.0. The van der Waals surface area contributed by atoms with Gasteiger partial charge in [0.2, 0.25) is 11.8 Å². The molecule has 16 heteroatoms. The average molecular weight is 702 g/mol. The number of hydrogen-bond acceptors (Lipinski definition) is 9. The number of urea groups is 1. The van der Waals surface area contributed by atoms with Crippen molar-refractivity contribution in [2.45, 2.75) is 31.7 Å². The Hall–Kier alpha value is -3.88. The predicted molar refractivity (Wildman–Crippen MR) is 172 cm³/mol. The summed E-state index contributed by atoms with van der Waals surface area (Å²) in [5.41, 5.74) is 2.13. The summed E-state index contributed by atoms with van der Waals surface area (Å²) in [6.45, 7) is 4.17. The number of methoxy groups -OCH3 is 2. The zero-order chi connectivity index (χ0) is 34.4. The third-order valence-corrected chi connectivity index (χ3v) is 8.52. The van der Waals surface area contributed by atoms with E-state index in [-0.39, 0.29) is 86.3 Å². The van der Waals surface area contributed by atoms with Crippen LogP contribution in [0.15, 0.2) is 85.5 Å². The second kappa shape index (κ2) is 16.7. The normalized spacial score (nSPS) is 18.9. The van der Waals surface area contributed by atoms with Crippen LogP contribution in [-0.4, -0.2) is 88.6 Å². The minimum Gasteiger partial charge on any atom is -0.746 e. The zero-order valence-electron chi connectivity index (χ0n) is 27.6. The third-order valence-electron chi connectivity index (χ3n) is 8.08. The molecule has 49 heavy (non-hydrogen) atoms. The number of nitrogens with one attached hydrogen (secondary N) is 1. The number of amides is 4. The second-order valence-electron chi connectivity index (χ2n) is 11.2. The number of piperazine rings is 1. The predicted octanol–water partition coefficient (Wildman–Crippen LogP) is -0.716. The van der Waals surface area contributed by atoms with E-state index in [1.807, 2.05) is 36.4 Å². The van der Waals surface area contributed by atoms with Gasteiger partial charge in [-0.15, -0.1) is 6.58 Å². The molecule has 2 aliphatic rings. The van der Waals surface area contributed by atoms with E-state index in [0.29, 0.717) is 22.6 Å². The van der Waals surface area contributed by atoms with Crippen molar-refractivity contribution in [2.24, 2.45) is 0 Å². The van der Waals surface area contributed by atoms with Crippen LogP contribution in [0.4, 0.5) is 4.79 Å². The molecular weight excluding hydrogens is 664 g/mol. The summed E-state index contributed by atoms with van der Waals surface area (Å²) in [7, 11) is -2.00. The fourth-order valence-electron chi connectivity index (χ4n) is 6.02. The number of fused-ring (bicyclic) bond motifs is 1. The molecule has 5 rings (SSSR count). The van der Waals surface area contributed by atoms with Crippen LogP contribution in [0.2, 0.25) is 0 Å². The molecule has 14 nitrogen and oxygen atoms in total. The number of phosphoric ester groups is 1. The molecular formula is C33H37N5NaO9P. The van der Waals surface area contributed by atoms with E-state index in [1.54, 1.807) is 40.3 Å². The fraction of sp³-hybridized carbons (Fsp3) is 0.303. The molecule has 0 bridgehead atoms. The van der Waals surface area contributed by atoms with Crippen LogP contribution in [0.25, 0.3) is 0 Å². The van der Waals surface area contributed by atoms with Crippen LogP contribution >= 0.6 is 7.82 Å². The minimum absolute atomic E-state index is 0. The Morgan fingerprint density at radius 1 is 1.04 bits per heavy atom. The Morgan fingerprint density at radius 2 is 1.76 bits per heavy atom. The maximum atomic E-state index is 14.3. The number of para-hydroxylation sites is 1. The van der Waals surface area contributed by atoms with Crippen molar-refractivity contribution >= 4 is 25.7 Å². The van der Waals surface area contributed by atoms with Crippen LogP contribution in [0.1, 0.15) is 16.7 Å². The smallest absolute Gasteiger partial charge is 0.746 e. The molecule has 4 amide bonds. The molecule has 3 aromatic carbocycles. The summed E-state index contributed by atoms with van der Waals surface area (Å²) >= 11 is 0. The molecule has 2 N–H and O–H groups in total. The molecule has 3 atom stereocenters. The molecule has 0 saturated carbocycles. The first kappa shape index (κ1) is 37.9. The van der Waals surface area contributed by atoms with Crippen LogP contribution in [0, 0.1) is 0 Å². The summed E-state index contributed by atoms with van der Waals surface area (Å²) in [5, 5.41) is 6.04. The van der Waals surface area contributed by atoms with Gasteiger partial charge >= 0.3 is 43.4 Å². The Morgan fingerprint density at radius 3 is 2.39 bits per heavy atom. The monoisotopic (exact) mass is 701 g/mol. The van der Waals surface area contributed by atoms with Gasteiger partial charge in [0.05, 0.1) is 27.3 Å². The number of benzene rings is 3. The first-order valence-electron chi connectivity index (χ1n) is 15.1. The molecule has 254 valence electrons. The molecule has 2 saturated heterocycles. The molecule has 0 aromatic heterocycles. The van der Waals surface area contributed by atoms with E-state index in [9.17, 15) is 23.8 Å². The van der Waals surface area contributed by atoms with Crippen molar-refractivity contribution in [2.75, 3.05) is 33.9 Å². The van der Waals surface area contributed by atoms with Gasteiger partial charge in [0.1, 0.15) is 18.0 Å². The zero-order valence-corrected chi connectivity index (χ0v) is 30.5. The SMILES string of the molecule is C=CCN1CC(=O)N2[C@@H](Cc3ccc(OP(=O)([O-])O)cc3)C(=O)N(Cc3cccc(OC)c3OC)C[C@@H]2N1C(=O)NCc1ccccc1.[Na+]. The molecule has 0 radical (unpaired) electrons. The van der Waals surface area contributed by atoms with Gasteiger partial charge < -0.3 is 38.9 Å². The van der Waals surface area contributed by atoms with Crippen molar-refractivity contribution in [3.05, 3.63) is 102 Å². The standard InChI is InChI=1S/C33H38N5O9P.Na/c1-4-17-36-22-30(39)37-27(18-23-13-15-26(16-14-23)47-48(42,43)44)32(40)35(20-25-11-8-12-28(45-2)31(25)46-3)21-29(37)38(36)33(41)34-19-24-9-6-5-7-10-24;/h4-16,27,29H,1,17-22H2,2-3H3,(H,34,41)(H2,42,43,44);/q;+1/p-1/t27-,29-;/m0./s1. The van der Waals surface area contributed by atoms with E-state index in [2.05, 4.69) is 16.4 Å². The molecule has 0 spiro atoms. The summed E-state index contributed by atoms with van der Waals surface area (Å²) in [5.74, 6) is 0.115. The number of carbonyl (C=O) groups is 3. The van der Waals surface area contributed by atoms with E-state index in [0.717, 1.165) is 5.56 Å². The van der Waals surface area contributed by atoms with Crippen molar-refractivity contribution in [3.8, 4) is 17.2 Å². The van der Waals surface area contributed by atoms with Gasteiger partial charge in [0.25, 0.3) is 0 Å². The first-order chi connectivity index (χ1) is 23.0. The van der Waals surface area contributed by atoms with E-state index >= 15 is 0 Å². The molecule has 2 heterocycles. The molecule has 2 fully saturated rings. The average Bonchev–Trinajstić information content (AvgIpc) is 3.06. The summed E-state index contributed by atoms with van der Waals surface area (Å²) in [4.78, 5) is 65.4. The number of carbonyl (C=O) groups excluding carboxylic acids is 3. The van der Waals surface area contributed by atoms with E-state index in [4.69, 9.17) is 14.4 Å². The number of nitrogens with zero attached hydrogens (tertiary/aromatic N) is 4. The van der Waals surface area contributed by atoms with Crippen molar-refractivity contribution in [1.29, 1.82) is 0 Å². The second-order valence-corrected chi connectivity index (χ2v) is 12.3. The molecule has 0 aliphatic carbocycles. The number of rotatable bonds is 12. The Labute approximate surface area is 306 Å². The Bertz CT molecular complexity index is 1690. The Balaban J connectivity index is 0.00000541. The number of phosphoric acid groups is 1. The van der Waals surface area contributed by atoms with Gasteiger partial charge in [-0.1, -0.05) is 60.7 Å². The van der Waals surface area contributed by atoms with Gasteiger partial charge in [-0.3, -0.25) is 14.2 Å². The summed E-state index contributed by atoms with van der Waals surface area (Å²) in [6.07, 6.45) is 0.758. The van der Waals surface area contributed by atoms with Crippen LogP contribution < -0.4 is 53.8 Å². The van der Waals surface area contributed by atoms with Gasteiger partial charge in [-0.25, -0.2) is 14.8 Å². The van der Waals surface area contributed by atoms with Crippen molar-refractivity contribution in [3.63, 3.8) is 0 Å². The maximum Gasteiger partial charge on any atom is 1.00 e. The third kappa shape index (κ3) is 9.03. The van der Waals surface area contributed by atoms with Crippen LogP contribution in [-0.2, 0) is 33.7 Å².